The summed E-state index contributed by atoms with van der Waals surface area (Å²) in [6.07, 6.45) is 0. The Balaban J connectivity index is 0.000000196. The second-order valence-electron chi connectivity index (χ2n) is 16.3. The monoisotopic (exact) mass is 808 g/mol. The van der Waals surface area contributed by atoms with E-state index in [1.807, 2.05) is 42.5 Å². The Labute approximate surface area is 347 Å². The topological polar surface area (TPSA) is 40.5 Å². The minimum absolute atomic E-state index is 0.497. The summed E-state index contributed by atoms with van der Waals surface area (Å²) in [5.74, 6) is 2.74. The molecule has 0 spiro atoms. The molecular weight excluding hydrogens is 747 g/mol. The Morgan fingerprint density at radius 3 is 1.21 bits per heavy atom. The average molecular weight is 810 g/mol. The van der Waals surface area contributed by atoms with Crippen molar-refractivity contribution in [3.63, 3.8) is 0 Å². The van der Waals surface area contributed by atoms with Gasteiger partial charge in [-0.25, -0.2) is 0 Å². The van der Waals surface area contributed by atoms with Gasteiger partial charge in [-0.15, -0.1) is 0 Å². The standard InChI is InChI=1S/C25H28.C15H23Br.C12H11BO2/c1-17(2)23-15-19(5)16-24(18(3)4)25(23)22-14-10-9-13-21(22)20-11-7-6-8-12-20;1-9(2)12-7-13(10(3)4)15(16)14(8-12)11(5)6;14-13(15)12-9-5-4-8-11(12)10-6-2-1-3-7-10/h6-18H,1-5H3;7-11H,1-6H3;1-9,14-15H. The molecular formula is C52H62BBrO2. The molecule has 0 unspecified atom stereocenters. The summed E-state index contributed by atoms with van der Waals surface area (Å²) < 4.78 is 1.31. The molecule has 6 aromatic carbocycles. The lowest BCUT2D eigenvalue weighted by atomic mass is 9.75. The van der Waals surface area contributed by atoms with E-state index < -0.39 is 7.12 Å². The molecule has 0 bridgehead atoms. The molecule has 2 nitrogen and oxygen atoms in total. The molecule has 0 heterocycles. The normalized spacial score (nSPS) is 11.1. The molecule has 6 rings (SSSR count). The molecule has 0 radical (unpaired) electrons. The molecule has 0 aliphatic heterocycles. The lowest BCUT2D eigenvalue weighted by Crippen LogP contribution is -2.31. The quantitative estimate of drug-likeness (QED) is 0.143. The minimum Gasteiger partial charge on any atom is -0.423 e. The van der Waals surface area contributed by atoms with Crippen LogP contribution in [0.25, 0.3) is 33.4 Å². The van der Waals surface area contributed by atoms with E-state index in [4.69, 9.17) is 0 Å². The van der Waals surface area contributed by atoms with Crippen LogP contribution in [0.1, 0.15) is 132 Å². The van der Waals surface area contributed by atoms with Crippen molar-refractivity contribution in [2.45, 2.75) is 106 Å². The maximum Gasteiger partial charge on any atom is 0.489 e. The molecule has 0 atom stereocenters. The lowest BCUT2D eigenvalue weighted by Gasteiger charge is -2.23. The van der Waals surface area contributed by atoms with Crippen molar-refractivity contribution in [2.24, 2.45) is 0 Å². The van der Waals surface area contributed by atoms with Gasteiger partial charge in [-0.1, -0.05) is 224 Å². The summed E-state index contributed by atoms with van der Waals surface area (Å²) in [6, 6.07) is 46.0. The number of halogens is 1. The molecule has 6 aromatic rings. The van der Waals surface area contributed by atoms with Crippen LogP contribution in [0.3, 0.4) is 0 Å². The van der Waals surface area contributed by atoms with Crippen LogP contribution in [0, 0.1) is 6.92 Å². The zero-order valence-corrected chi connectivity index (χ0v) is 37.0. The van der Waals surface area contributed by atoms with E-state index in [1.165, 1.54) is 60.1 Å². The highest BCUT2D eigenvalue weighted by molar-refractivity contribution is 9.10. The third-order valence-electron chi connectivity index (χ3n) is 10.3. The molecule has 0 fully saturated rings. The fraction of sp³-hybridized carbons (Fsp3) is 0.308. The van der Waals surface area contributed by atoms with Crippen LogP contribution < -0.4 is 5.46 Å². The largest absolute Gasteiger partial charge is 0.489 e. The van der Waals surface area contributed by atoms with Crippen molar-refractivity contribution < 1.29 is 10.0 Å². The summed E-state index contributed by atoms with van der Waals surface area (Å²) in [7, 11) is -1.43. The van der Waals surface area contributed by atoms with Gasteiger partial charge < -0.3 is 10.0 Å². The second kappa shape index (κ2) is 20.8. The number of hydrogen-bond acceptors (Lipinski definition) is 2. The highest BCUT2D eigenvalue weighted by Crippen LogP contribution is 2.41. The highest BCUT2D eigenvalue weighted by atomic mass is 79.9. The van der Waals surface area contributed by atoms with Gasteiger partial charge in [0, 0.05) is 4.47 Å². The van der Waals surface area contributed by atoms with Crippen molar-refractivity contribution in [2.75, 3.05) is 0 Å². The van der Waals surface area contributed by atoms with Crippen LogP contribution in [0.2, 0.25) is 0 Å². The zero-order chi connectivity index (χ0) is 41.1. The maximum absolute atomic E-state index is 9.22. The second-order valence-corrected chi connectivity index (χ2v) is 17.1. The first-order chi connectivity index (χ1) is 26.6. The van der Waals surface area contributed by atoms with Gasteiger partial charge in [-0.2, -0.15) is 0 Å². The van der Waals surface area contributed by atoms with Crippen molar-refractivity contribution >= 4 is 28.5 Å². The van der Waals surface area contributed by atoms with E-state index >= 15 is 0 Å². The van der Waals surface area contributed by atoms with Crippen LogP contribution >= 0.6 is 15.9 Å². The molecule has 2 N–H and O–H groups in total. The Kier molecular flexibility index (Phi) is 16.5. The first-order valence-corrected chi connectivity index (χ1v) is 21.0. The van der Waals surface area contributed by atoms with Gasteiger partial charge in [0.25, 0.3) is 0 Å². The fourth-order valence-corrected chi connectivity index (χ4v) is 8.25. The summed E-state index contributed by atoms with van der Waals surface area (Å²) >= 11 is 3.77. The van der Waals surface area contributed by atoms with E-state index in [2.05, 4.69) is 171 Å². The molecule has 292 valence electrons. The van der Waals surface area contributed by atoms with Gasteiger partial charge in [0.05, 0.1) is 0 Å². The van der Waals surface area contributed by atoms with E-state index in [1.54, 1.807) is 12.1 Å². The van der Waals surface area contributed by atoms with Crippen LogP contribution in [-0.2, 0) is 0 Å². The lowest BCUT2D eigenvalue weighted by molar-refractivity contribution is 0.426. The Morgan fingerprint density at radius 2 is 0.804 bits per heavy atom. The van der Waals surface area contributed by atoms with Gasteiger partial charge in [0.1, 0.15) is 0 Å². The number of rotatable bonds is 9. The number of aryl methyl sites for hydroxylation is 1. The molecule has 4 heteroatoms. The average Bonchev–Trinajstić information content (AvgIpc) is 3.18. The van der Waals surface area contributed by atoms with E-state index in [0.717, 1.165) is 11.1 Å². The van der Waals surface area contributed by atoms with Crippen LogP contribution in [-0.4, -0.2) is 17.2 Å². The van der Waals surface area contributed by atoms with Gasteiger partial charge in [0.2, 0.25) is 0 Å². The number of hydrogen-bond donors (Lipinski definition) is 2. The predicted octanol–water partition coefficient (Wildman–Crippen LogP) is 14.4. The van der Waals surface area contributed by atoms with E-state index in [-0.39, 0.29) is 0 Å². The van der Waals surface area contributed by atoms with E-state index in [0.29, 0.717) is 35.1 Å². The summed E-state index contributed by atoms with van der Waals surface area (Å²) in [5.41, 5.74) is 16.3. The van der Waals surface area contributed by atoms with Crippen molar-refractivity contribution in [3.05, 3.63) is 171 Å². The van der Waals surface area contributed by atoms with E-state index in [9.17, 15) is 10.0 Å². The van der Waals surface area contributed by atoms with Gasteiger partial charge >= 0.3 is 7.12 Å². The molecule has 0 saturated carbocycles. The maximum atomic E-state index is 9.22. The summed E-state index contributed by atoms with van der Waals surface area (Å²) in [4.78, 5) is 0. The zero-order valence-electron chi connectivity index (χ0n) is 35.4. The van der Waals surface area contributed by atoms with Crippen LogP contribution in [0.4, 0.5) is 0 Å². The highest BCUT2D eigenvalue weighted by Gasteiger charge is 2.20. The Morgan fingerprint density at radius 1 is 0.429 bits per heavy atom. The van der Waals surface area contributed by atoms with Gasteiger partial charge in [-0.05, 0) is 103 Å². The molecule has 0 amide bonds. The smallest absolute Gasteiger partial charge is 0.423 e. The third-order valence-corrected chi connectivity index (χ3v) is 11.2. The third kappa shape index (κ3) is 11.4. The van der Waals surface area contributed by atoms with Gasteiger partial charge in [0.15, 0.2) is 0 Å². The molecule has 0 saturated heterocycles. The Bertz CT molecular complexity index is 2070. The summed E-state index contributed by atoms with van der Waals surface area (Å²) in [5, 5.41) is 18.4. The molecule has 0 aliphatic carbocycles. The molecule has 0 aliphatic rings. The first kappa shape index (κ1) is 44.5. The van der Waals surface area contributed by atoms with Crippen LogP contribution in [0.15, 0.2) is 138 Å². The SMILES string of the molecule is CC(C)c1cc(C(C)C)c(Br)c(C(C)C)c1.Cc1cc(C(C)C)c(-c2ccccc2-c2ccccc2)c(C(C)C)c1.OB(O)c1ccccc1-c1ccccc1. The summed E-state index contributed by atoms with van der Waals surface area (Å²) in [6.45, 7) is 25.0. The Hall–Kier alpha value is -4.22. The van der Waals surface area contributed by atoms with Crippen molar-refractivity contribution in [1.29, 1.82) is 0 Å². The first-order valence-electron chi connectivity index (χ1n) is 20.2. The van der Waals surface area contributed by atoms with Crippen LogP contribution in [0.5, 0.6) is 0 Å². The van der Waals surface area contributed by atoms with Crippen molar-refractivity contribution in [3.8, 4) is 33.4 Å². The minimum atomic E-state index is -1.43. The number of benzene rings is 6. The van der Waals surface area contributed by atoms with Gasteiger partial charge in [-0.3, -0.25) is 0 Å². The predicted molar refractivity (Wildman–Crippen MR) is 248 cm³/mol. The molecule has 0 aromatic heterocycles. The fourth-order valence-electron chi connectivity index (χ4n) is 7.11. The molecule has 56 heavy (non-hydrogen) atoms. The van der Waals surface area contributed by atoms with Crippen molar-refractivity contribution in [1.82, 2.24) is 0 Å².